The van der Waals surface area contributed by atoms with Crippen LogP contribution in [0.15, 0.2) is 24.4 Å². The molecular formula is C13H16N4O2. The Kier molecular flexibility index (Phi) is 3.41. The van der Waals surface area contributed by atoms with Gasteiger partial charge in [0.05, 0.1) is 22.6 Å². The Hall–Kier alpha value is -2.50. The van der Waals surface area contributed by atoms with Crippen molar-refractivity contribution in [3.63, 3.8) is 0 Å². The first-order valence-electron chi connectivity index (χ1n) is 5.84. The fourth-order valence-electron chi connectivity index (χ4n) is 1.95. The van der Waals surface area contributed by atoms with Gasteiger partial charge in [-0.1, -0.05) is 6.07 Å². The summed E-state index contributed by atoms with van der Waals surface area (Å²) in [6, 6.07) is 4.82. The van der Waals surface area contributed by atoms with Gasteiger partial charge in [0.2, 0.25) is 0 Å². The van der Waals surface area contributed by atoms with Crippen LogP contribution in [0.4, 0.5) is 11.4 Å². The van der Waals surface area contributed by atoms with Crippen molar-refractivity contribution in [2.45, 2.75) is 13.5 Å². The van der Waals surface area contributed by atoms with Crippen LogP contribution in [0.25, 0.3) is 0 Å². The van der Waals surface area contributed by atoms with E-state index in [-0.39, 0.29) is 5.56 Å². The molecule has 2 rings (SSSR count). The topological polar surface area (TPSA) is 93.2 Å². The molecule has 1 aromatic carbocycles. The summed E-state index contributed by atoms with van der Waals surface area (Å²) in [6.07, 6.45) is 1.89. The number of nitrogens with zero attached hydrogens (tertiary/aromatic N) is 2. The monoisotopic (exact) mass is 260 g/mol. The van der Waals surface area contributed by atoms with E-state index in [9.17, 15) is 4.79 Å². The smallest absolute Gasteiger partial charge is 0.337 e. The van der Waals surface area contributed by atoms with E-state index in [1.54, 1.807) is 16.8 Å². The number of anilines is 2. The number of aryl methyl sites for hydroxylation is 2. The zero-order chi connectivity index (χ0) is 14.0. The maximum absolute atomic E-state index is 11.1. The van der Waals surface area contributed by atoms with Gasteiger partial charge < -0.3 is 16.2 Å². The number of hydrogen-bond acceptors (Lipinski definition) is 4. The minimum atomic E-state index is -1.00. The molecule has 0 unspecified atom stereocenters. The van der Waals surface area contributed by atoms with Crippen LogP contribution < -0.4 is 11.1 Å². The van der Waals surface area contributed by atoms with Crippen LogP contribution in [0, 0.1) is 6.92 Å². The van der Waals surface area contributed by atoms with Crippen LogP contribution in [0.3, 0.4) is 0 Å². The van der Waals surface area contributed by atoms with Crippen molar-refractivity contribution in [3.05, 3.63) is 41.2 Å². The lowest BCUT2D eigenvalue weighted by atomic mass is 10.1. The van der Waals surface area contributed by atoms with Crippen molar-refractivity contribution in [3.8, 4) is 0 Å². The number of aromatic nitrogens is 2. The second-order valence-corrected chi connectivity index (χ2v) is 4.34. The molecular weight excluding hydrogens is 244 g/mol. The lowest BCUT2D eigenvalue weighted by Gasteiger charge is -2.11. The second-order valence-electron chi connectivity index (χ2n) is 4.34. The summed E-state index contributed by atoms with van der Waals surface area (Å²) in [7, 11) is 1.84. The number of benzene rings is 1. The van der Waals surface area contributed by atoms with Crippen molar-refractivity contribution in [2.75, 3.05) is 11.1 Å². The van der Waals surface area contributed by atoms with Crippen LogP contribution >= 0.6 is 0 Å². The van der Waals surface area contributed by atoms with E-state index < -0.39 is 5.97 Å². The van der Waals surface area contributed by atoms with Gasteiger partial charge in [0, 0.05) is 25.4 Å². The summed E-state index contributed by atoms with van der Waals surface area (Å²) >= 11 is 0. The van der Waals surface area contributed by atoms with Gasteiger partial charge in [0.1, 0.15) is 0 Å². The fourth-order valence-corrected chi connectivity index (χ4v) is 1.95. The van der Waals surface area contributed by atoms with Gasteiger partial charge in [-0.2, -0.15) is 5.10 Å². The molecule has 6 nitrogen and oxygen atoms in total. The SMILES string of the molecule is Cc1nn(C)cc1CNc1c(N)cccc1C(=O)O. The quantitative estimate of drug-likeness (QED) is 0.726. The molecule has 0 aliphatic carbocycles. The zero-order valence-electron chi connectivity index (χ0n) is 10.8. The Morgan fingerprint density at radius 2 is 2.26 bits per heavy atom. The third-order valence-corrected chi connectivity index (χ3v) is 2.90. The summed E-state index contributed by atoms with van der Waals surface area (Å²) in [5, 5.41) is 16.4. The van der Waals surface area contributed by atoms with Gasteiger partial charge in [0.25, 0.3) is 0 Å². The number of nitrogens with one attached hydrogen (secondary N) is 1. The first-order chi connectivity index (χ1) is 8.99. The molecule has 0 saturated carbocycles. The number of carboxylic acids is 1. The molecule has 0 aliphatic heterocycles. The molecule has 0 bridgehead atoms. The number of aromatic carboxylic acids is 1. The van der Waals surface area contributed by atoms with Crippen LogP contribution in [0.2, 0.25) is 0 Å². The molecule has 0 aliphatic rings. The van der Waals surface area contributed by atoms with Crippen molar-refractivity contribution < 1.29 is 9.90 Å². The molecule has 2 aromatic rings. The van der Waals surface area contributed by atoms with Gasteiger partial charge in [-0.15, -0.1) is 0 Å². The van der Waals surface area contributed by atoms with Crippen LogP contribution in [-0.2, 0) is 13.6 Å². The molecule has 0 radical (unpaired) electrons. The van der Waals surface area contributed by atoms with Gasteiger partial charge in [-0.05, 0) is 19.1 Å². The highest BCUT2D eigenvalue weighted by atomic mass is 16.4. The first kappa shape index (κ1) is 12.9. The minimum Gasteiger partial charge on any atom is -0.478 e. The number of nitrogen functional groups attached to an aromatic ring is 1. The molecule has 4 N–H and O–H groups in total. The average molecular weight is 260 g/mol. The van der Waals surface area contributed by atoms with E-state index in [0.29, 0.717) is 17.9 Å². The molecule has 0 saturated heterocycles. The molecule has 0 spiro atoms. The number of carbonyl (C=O) groups is 1. The molecule has 1 aromatic heterocycles. The average Bonchev–Trinajstić information content (AvgIpc) is 2.66. The van der Waals surface area contributed by atoms with Crippen LogP contribution in [0.1, 0.15) is 21.6 Å². The highest BCUT2D eigenvalue weighted by Gasteiger charge is 2.13. The van der Waals surface area contributed by atoms with Crippen LogP contribution in [0.5, 0.6) is 0 Å². The molecule has 6 heteroatoms. The van der Waals surface area contributed by atoms with E-state index in [2.05, 4.69) is 10.4 Å². The predicted molar refractivity (Wildman–Crippen MR) is 73.1 cm³/mol. The molecule has 0 fully saturated rings. The zero-order valence-corrected chi connectivity index (χ0v) is 10.8. The largest absolute Gasteiger partial charge is 0.478 e. The summed E-state index contributed by atoms with van der Waals surface area (Å²) < 4.78 is 1.72. The van der Waals surface area contributed by atoms with Gasteiger partial charge in [0.15, 0.2) is 0 Å². The normalized spacial score (nSPS) is 10.4. The van der Waals surface area contributed by atoms with E-state index in [1.165, 1.54) is 6.07 Å². The molecule has 0 atom stereocenters. The van der Waals surface area contributed by atoms with E-state index in [0.717, 1.165) is 11.3 Å². The summed E-state index contributed by atoms with van der Waals surface area (Å²) in [5.41, 5.74) is 8.75. The number of para-hydroxylation sites is 1. The Labute approximate surface area is 110 Å². The van der Waals surface area contributed by atoms with Gasteiger partial charge in [-0.3, -0.25) is 4.68 Å². The maximum atomic E-state index is 11.1. The van der Waals surface area contributed by atoms with E-state index in [1.807, 2.05) is 20.2 Å². The van der Waals surface area contributed by atoms with E-state index in [4.69, 9.17) is 10.8 Å². The Bertz CT molecular complexity index is 619. The van der Waals surface area contributed by atoms with Gasteiger partial charge in [-0.25, -0.2) is 4.79 Å². The van der Waals surface area contributed by atoms with Gasteiger partial charge >= 0.3 is 5.97 Å². The maximum Gasteiger partial charge on any atom is 0.337 e. The lowest BCUT2D eigenvalue weighted by molar-refractivity contribution is 0.0698. The van der Waals surface area contributed by atoms with Crippen molar-refractivity contribution in [1.82, 2.24) is 9.78 Å². The molecule has 19 heavy (non-hydrogen) atoms. The third-order valence-electron chi connectivity index (χ3n) is 2.90. The van der Waals surface area contributed by atoms with E-state index >= 15 is 0 Å². The fraction of sp³-hybridized carbons (Fsp3) is 0.231. The number of rotatable bonds is 4. The third kappa shape index (κ3) is 2.67. The Morgan fingerprint density at radius 1 is 1.53 bits per heavy atom. The summed E-state index contributed by atoms with van der Waals surface area (Å²) in [4.78, 5) is 11.1. The van der Waals surface area contributed by atoms with Crippen molar-refractivity contribution in [2.24, 2.45) is 7.05 Å². The summed E-state index contributed by atoms with van der Waals surface area (Å²) in [5.74, 6) is -1.00. The minimum absolute atomic E-state index is 0.168. The Morgan fingerprint density at radius 3 is 2.84 bits per heavy atom. The second kappa shape index (κ2) is 5.01. The Balaban J connectivity index is 2.24. The number of hydrogen-bond donors (Lipinski definition) is 3. The number of nitrogens with two attached hydrogens (primary N) is 1. The van der Waals surface area contributed by atoms with Crippen molar-refractivity contribution >= 4 is 17.3 Å². The molecule has 100 valence electrons. The highest BCUT2D eigenvalue weighted by molar-refractivity contribution is 5.97. The standard InChI is InChI=1S/C13H16N4O2/c1-8-9(7-17(2)16-8)6-15-12-10(13(18)19)4-3-5-11(12)14/h3-5,7,15H,6,14H2,1-2H3,(H,18,19). The summed E-state index contributed by atoms with van der Waals surface area (Å²) in [6.45, 7) is 2.39. The molecule has 0 amide bonds. The first-order valence-corrected chi connectivity index (χ1v) is 5.84. The highest BCUT2D eigenvalue weighted by Crippen LogP contribution is 2.24. The predicted octanol–water partition coefficient (Wildman–Crippen LogP) is 1.62. The lowest BCUT2D eigenvalue weighted by Crippen LogP contribution is -2.09. The van der Waals surface area contributed by atoms with Crippen molar-refractivity contribution in [1.29, 1.82) is 0 Å². The number of carboxylic acid groups (broad SMARTS) is 1. The molecule has 1 heterocycles. The van der Waals surface area contributed by atoms with Crippen LogP contribution in [-0.4, -0.2) is 20.9 Å².